The molecule has 0 heteroatoms. The quantitative estimate of drug-likeness (QED) is 0.557. The van der Waals surface area contributed by atoms with E-state index in [4.69, 9.17) is 0 Å². The van der Waals surface area contributed by atoms with Gasteiger partial charge in [-0.2, -0.15) is 0 Å². The smallest absolute Gasteiger partial charge is 0.00132 e. The van der Waals surface area contributed by atoms with Gasteiger partial charge in [0.25, 0.3) is 0 Å². The molecule has 0 aromatic heterocycles. The van der Waals surface area contributed by atoms with Gasteiger partial charge in [0.2, 0.25) is 0 Å². The summed E-state index contributed by atoms with van der Waals surface area (Å²) in [6, 6.07) is 15.4. The summed E-state index contributed by atoms with van der Waals surface area (Å²) in [4.78, 5) is 0. The maximum atomic E-state index is 2.30. The third-order valence-electron chi connectivity index (χ3n) is 3.18. The predicted octanol–water partition coefficient (Wildman–Crippen LogP) is 4.29. The van der Waals surface area contributed by atoms with Crippen LogP contribution in [0.15, 0.2) is 48.5 Å². The Kier molecular flexibility index (Phi) is 2.14. The van der Waals surface area contributed by atoms with Crippen molar-refractivity contribution in [1.82, 2.24) is 0 Å². The molecule has 2 aromatic rings. The van der Waals surface area contributed by atoms with Crippen LogP contribution in [0.5, 0.6) is 0 Å². The average molecular weight is 206 g/mol. The summed E-state index contributed by atoms with van der Waals surface area (Å²) >= 11 is 0. The van der Waals surface area contributed by atoms with E-state index in [-0.39, 0.29) is 0 Å². The molecule has 0 bridgehead atoms. The molecule has 0 aliphatic heterocycles. The summed E-state index contributed by atoms with van der Waals surface area (Å²) in [6.45, 7) is 2.06. The molecule has 78 valence electrons. The second-order valence-electron chi connectivity index (χ2n) is 4.25. The van der Waals surface area contributed by atoms with Crippen molar-refractivity contribution in [2.45, 2.75) is 13.3 Å². The highest BCUT2D eigenvalue weighted by Crippen LogP contribution is 2.36. The van der Waals surface area contributed by atoms with E-state index in [1.165, 1.54) is 27.8 Å². The zero-order valence-electron chi connectivity index (χ0n) is 9.40. The number of hydrogen-bond donors (Lipinski definition) is 0. The van der Waals surface area contributed by atoms with Gasteiger partial charge in [0.15, 0.2) is 0 Å². The Balaban J connectivity index is 2.14. The minimum atomic E-state index is 1.08. The molecule has 1 aliphatic rings. The number of benzene rings is 2. The van der Waals surface area contributed by atoms with Crippen molar-refractivity contribution in [2.24, 2.45) is 0 Å². The van der Waals surface area contributed by atoms with Crippen molar-refractivity contribution in [2.75, 3.05) is 0 Å². The Labute approximate surface area is 96.3 Å². The number of fused-ring (bicyclic) bond motifs is 3. The lowest BCUT2D eigenvalue weighted by Crippen LogP contribution is -1.81. The van der Waals surface area contributed by atoms with Gasteiger partial charge in [-0.1, -0.05) is 54.6 Å². The minimum Gasteiger partial charge on any atom is -0.0871 e. The van der Waals surface area contributed by atoms with Crippen molar-refractivity contribution in [3.63, 3.8) is 0 Å². The summed E-state index contributed by atoms with van der Waals surface area (Å²) in [5, 5.41) is 0. The zero-order chi connectivity index (χ0) is 11.0. The van der Waals surface area contributed by atoms with E-state index in [1.54, 1.807) is 0 Å². The molecule has 0 atom stereocenters. The van der Waals surface area contributed by atoms with E-state index in [0.29, 0.717) is 0 Å². The second kappa shape index (κ2) is 3.64. The summed E-state index contributed by atoms with van der Waals surface area (Å²) < 4.78 is 0. The zero-order valence-corrected chi connectivity index (χ0v) is 9.40. The molecule has 16 heavy (non-hydrogen) atoms. The lowest BCUT2D eigenvalue weighted by molar-refractivity contribution is 1.26. The molecule has 0 radical (unpaired) electrons. The van der Waals surface area contributed by atoms with Gasteiger partial charge in [-0.25, -0.2) is 0 Å². The second-order valence-corrected chi connectivity index (χ2v) is 4.25. The Morgan fingerprint density at radius 1 is 0.938 bits per heavy atom. The Hall–Kier alpha value is -1.82. The normalized spacial score (nSPS) is 12.8. The summed E-state index contributed by atoms with van der Waals surface area (Å²) in [7, 11) is 0. The molecule has 0 N–H and O–H groups in total. The summed E-state index contributed by atoms with van der Waals surface area (Å²) in [5.74, 6) is 0. The molecule has 0 amide bonds. The minimum absolute atomic E-state index is 1.08. The number of rotatable bonds is 1. The average Bonchev–Trinajstić information content (AvgIpc) is 2.67. The SMILES string of the molecule is C/C=C/c1ccc2c(c1)Cc1ccccc1-2. The van der Waals surface area contributed by atoms with Gasteiger partial charge in [0.05, 0.1) is 0 Å². The fourth-order valence-corrected chi connectivity index (χ4v) is 2.46. The third-order valence-corrected chi connectivity index (χ3v) is 3.18. The van der Waals surface area contributed by atoms with Gasteiger partial charge >= 0.3 is 0 Å². The van der Waals surface area contributed by atoms with Gasteiger partial charge < -0.3 is 0 Å². The van der Waals surface area contributed by atoms with Crippen molar-refractivity contribution < 1.29 is 0 Å². The highest BCUT2D eigenvalue weighted by atomic mass is 14.2. The number of hydrogen-bond acceptors (Lipinski definition) is 0. The van der Waals surface area contributed by atoms with Crippen LogP contribution in [0.25, 0.3) is 17.2 Å². The van der Waals surface area contributed by atoms with Crippen LogP contribution >= 0.6 is 0 Å². The molecule has 0 saturated heterocycles. The van der Waals surface area contributed by atoms with Crippen LogP contribution in [0, 0.1) is 0 Å². The molecule has 2 aromatic carbocycles. The molecule has 0 spiro atoms. The highest BCUT2D eigenvalue weighted by Gasteiger charge is 2.16. The van der Waals surface area contributed by atoms with E-state index in [0.717, 1.165) is 6.42 Å². The van der Waals surface area contributed by atoms with Gasteiger partial charge in [-0.3, -0.25) is 0 Å². The summed E-state index contributed by atoms with van der Waals surface area (Å²) in [6.07, 6.45) is 5.32. The van der Waals surface area contributed by atoms with Crippen LogP contribution in [0.3, 0.4) is 0 Å². The molecule has 0 saturated carbocycles. The highest BCUT2D eigenvalue weighted by molar-refractivity contribution is 5.77. The lowest BCUT2D eigenvalue weighted by Gasteiger charge is -2.01. The molecule has 0 heterocycles. The predicted molar refractivity (Wildman–Crippen MR) is 69.4 cm³/mol. The molecule has 0 unspecified atom stereocenters. The van der Waals surface area contributed by atoms with E-state index in [9.17, 15) is 0 Å². The molecule has 1 aliphatic carbocycles. The van der Waals surface area contributed by atoms with Crippen molar-refractivity contribution in [3.8, 4) is 11.1 Å². The van der Waals surface area contributed by atoms with Gasteiger partial charge in [-0.05, 0) is 41.2 Å². The Bertz CT molecular complexity index is 562. The lowest BCUT2D eigenvalue weighted by atomic mass is 10.0. The van der Waals surface area contributed by atoms with Gasteiger partial charge in [0.1, 0.15) is 0 Å². The first-order chi connectivity index (χ1) is 7.88. The first-order valence-corrected chi connectivity index (χ1v) is 5.72. The third kappa shape index (κ3) is 1.38. The van der Waals surface area contributed by atoms with E-state index in [2.05, 4.69) is 61.5 Å². The maximum absolute atomic E-state index is 2.30. The molecular formula is C16H14. The van der Waals surface area contributed by atoms with Gasteiger partial charge in [-0.15, -0.1) is 0 Å². The van der Waals surface area contributed by atoms with Crippen molar-refractivity contribution in [1.29, 1.82) is 0 Å². The van der Waals surface area contributed by atoms with Crippen LogP contribution in [0.2, 0.25) is 0 Å². The first-order valence-electron chi connectivity index (χ1n) is 5.72. The van der Waals surface area contributed by atoms with Crippen LogP contribution < -0.4 is 0 Å². The van der Waals surface area contributed by atoms with Crippen LogP contribution in [0.4, 0.5) is 0 Å². The number of allylic oxidation sites excluding steroid dienone is 1. The monoisotopic (exact) mass is 206 g/mol. The van der Waals surface area contributed by atoms with E-state index in [1.807, 2.05) is 0 Å². The fourth-order valence-electron chi connectivity index (χ4n) is 2.46. The Morgan fingerprint density at radius 3 is 2.62 bits per heavy atom. The van der Waals surface area contributed by atoms with Crippen LogP contribution in [-0.2, 0) is 6.42 Å². The van der Waals surface area contributed by atoms with Crippen LogP contribution in [-0.4, -0.2) is 0 Å². The van der Waals surface area contributed by atoms with Crippen molar-refractivity contribution >= 4 is 6.08 Å². The van der Waals surface area contributed by atoms with Crippen molar-refractivity contribution in [3.05, 3.63) is 65.2 Å². The first kappa shape index (κ1) is 9.41. The van der Waals surface area contributed by atoms with E-state index < -0.39 is 0 Å². The molecule has 0 fully saturated rings. The molecule has 3 rings (SSSR count). The fraction of sp³-hybridized carbons (Fsp3) is 0.125. The van der Waals surface area contributed by atoms with Crippen LogP contribution in [0.1, 0.15) is 23.6 Å². The van der Waals surface area contributed by atoms with E-state index >= 15 is 0 Å². The standard InChI is InChI=1S/C16H14/c1-2-5-12-8-9-16-14(10-12)11-13-6-3-4-7-15(13)16/h2-10H,11H2,1H3/b5-2+. The molecular weight excluding hydrogens is 192 g/mol. The molecule has 0 nitrogen and oxygen atoms in total. The largest absolute Gasteiger partial charge is 0.0871 e. The van der Waals surface area contributed by atoms with Gasteiger partial charge in [0, 0.05) is 0 Å². The maximum Gasteiger partial charge on any atom is -0.00132 e. The topological polar surface area (TPSA) is 0 Å². The Morgan fingerprint density at radius 2 is 1.75 bits per heavy atom. The summed E-state index contributed by atoms with van der Waals surface area (Å²) in [5.41, 5.74) is 7.02.